The van der Waals surface area contributed by atoms with Crippen molar-refractivity contribution in [1.29, 1.82) is 0 Å². The molecule has 0 saturated carbocycles. The third-order valence-electron chi connectivity index (χ3n) is 2.79. The molecule has 20 heavy (non-hydrogen) atoms. The fourth-order valence-corrected chi connectivity index (χ4v) is 3.21. The Hall–Kier alpha value is -2.34. The smallest absolute Gasteiger partial charge is 0.248 e. The summed E-state index contributed by atoms with van der Waals surface area (Å²) in [6.45, 7) is 0. The number of hydrogen-bond donors (Lipinski definition) is 2. The number of anilines is 1. The fourth-order valence-electron chi connectivity index (χ4n) is 1.83. The molecule has 0 aromatic heterocycles. The molecule has 104 valence electrons. The highest BCUT2D eigenvalue weighted by molar-refractivity contribution is 7.90. The molecule has 0 aliphatic rings. The minimum atomic E-state index is -3.51. The van der Waals surface area contributed by atoms with E-state index in [9.17, 15) is 13.2 Å². The van der Waals surface area contributed by atoms with Gasteiger partial charge >= 0.3 is 0 Å². The first-order chi connectivity index (χ1) is 9.38. The minimum Gasteiger partial charge on any atom is -0.399 e. The van der Waals surface area contributed by atoms with Gasteiger partial charge in [-0.2, -0.15) is 0 Å². The molecule has 4 N–H and O–H groups in total. The zero-order valence-electron chi connectivity index (χ0n) is 10.6. The highest BCUT2D eigenvalue weighted by Crippen LogP contribution is 2.19. The molecule has 6 heteroatoms. The Morgan fingerprint density at radius 2 is 1.75 bits per heavy atom. The lowest BCUT2D eigenvalue weighted by Crippen LogP contribution is -2.12. The van der Waals surface area contributed by atoms with Crippen LogP contribution in [0.1, 0.15) is 15.9 Å². The van der Waals surface area contributed by atoms with E-state index in [1.165, 1.54) is 18.2 Å². The molecule has 0 aliphatic heterocycles. The lowest BCUT2D eigenvalue weighted by Gasteiger charge is -2.06. The van der Waals surface area contributed by atoms with E-state index >= 15 is 0 Å². The first kappa shape index (κ1) is 14.1. The number of carbonyl (C=O) groups is 1. The largest absolute Gasteiger partial charge is 0.399 e. The van der Waals surface area contributed by atoms with Crippen LogP contribution in [-0.4, -0.2) is 14.3 Å². The Bertz CT molecular complexity index is 755. The van der Waals surface area contributed by atoms with Gasteiger partial charge in [-0.15, -0.1) is 0 Å². The van der Waals surface area contributed by atoms with Gasteiger partial charge in [0, 0.05) is 11.3 Å². The number of rotatable bonds is 4. The van der Waals surface area contributed by atoms with Crippen LogP contribution in [0.2, 0.25) is 0 Å². The molecule has 0 unspecified atom stereocenters. The lowest BCUT2D eigenvalue weighted by atomic mass is 10.1. The summed E-state index contributed by atoms with van der Waals surface area (Å²) in [5.41, 5.74) is 11.9. The van der Waals surface area contributed by atoms with Crippen LogP contribution < -0.4 is 11.5 Å². The maximum atomic E-state index is 12.3. The van der Waals surface area contributed by atoms with Crippen LogP contribution in [0.5, 0.6) is 0 Å². The van der Waals surface area contributed by atoms with Crippen molar-refractivity contribution in [2.75, 3.05) is 5.73 Å². The average molecular weight is 290 g/mol. The van der Waals surface area contributed by atoms with Crippen LogP contribution in [0.3, 0.4) is 0 Å². The summed E-state index contributed by atoms with van der Waals surface area (Å²) in [6.07, 6.45) is 0. The second kappa shape index (κ2) is 5.34. The maximum absolute atomic E-state index is 12.3. The van der Waals surface area contributed by atoms with Crippen LogP contribution in [0.4, 0.5) is 5.69 Å². The van der Waals surface area contributed by atoms with Gasteiger partial charge in [-0.05, 0) is 35.9 Å². The summed E-state index contributed by atoms with van der Waals surface area (Å²) < 4.78 is 24.5. The molecular weight excluding hydrogens is 276 g/mol. The quantitative estimate of drug-likeness (QED) is 0.829. The van der Waals surface area contributed by atoms with Gasteiger partial charge in [0.15, 0.2) is 9.84 Å². The van der Waals surface area contributed by atoms with Crippen molar-refractivity contribution in [3.05, 3.63) is 59.7 Å². The number of carbonyl (C=O) groups excluding carboxylic acids is 1. The van der Waals surface area contributed by atoms with Crippen molar-refractivity contribution in [2.24, 2.45) is 5.73 Å². The molecule has 2 aromatic carbocycles. The SMILES string of the molecule is NC(=O)c1cccc(CS(=O)(=O)c2cccc(N)c2)c1. The van der Waals surface area contributed by atoms with E-state index in [1.807, 2.05) is 0 Å². The number of benzene rings is 2. The van der Waals surface area contributed by atoms with Crippen molar-refractivity contribution in [1.82, 2.24) is 0 Å². The van der Waals surface area contributed by atoms with Gasteiger partial charge in [-0.3, -0.25) is 4.79 Å². The normalized spacial score (nSPS) is 11.2. The van der Waals surface area contributed by atoms with Gasteiger partial charge in [0.2, 0.25) is 5.91 Å². The number of nitrogens with two attached hydrogens (primary N) is 2. The Kier molecular flexibility index (Phi) is 3.76. The molecule has 0 bridgehead atoms. The van der Waals surface area contributed by atoms with Crippen molar-refractivity contribution in [3.8, 4) is 0 Å². The number of nitrogen functional groups attached to an aromatic ring is 1. The van der Waals surface area contributed by atoms with Crippen LogP contribution in [0, 0.1) is 0 Å². The highest BCUT2D eigenvalue weighted by Gasteiger charge is 2.16. The maximum Gasteiger partial charge on any atom is 0.248 e. The summed E-state index contributed by atoms with van der Waals surface area (Å²) >= 11 is 0. The van der Waals surface area contributed by atoms with Crippen molar-refractivity contribution in [3.63, 3.8) is 0 Å². The summed E-state index contributed by atoms with van der Waals surface area (Å²) in [5, 5.41) is 0. The van der Waals surface area contributed by atoms with Crippen molar-refractivity contribution < 1.29 is 13.2 Å². The van der Waals surface area contributed by atoms with E-state index in [-0.39, 0.29) is 16.2 Å². The summed E-state index contributed by atoms with van der Waals surface area (Å²) in [5.74, 6) is -0.800. The Morgan fingerprint density at radius 3 is 2.40 bits per heavy atom. The topological polar surface area (TPSA) is 103 Å². The van der Waals surface area contributed by atoms with Crippen LogP contribution in [-0.2, 0) is 15.6 Å². The van der Waals surface area contributed by atoms with E-state index in [2.05, 4.69) is 0 Å². The molecule has 1 amide bonds. The first-order valence-corrected chi connectivity index (χ1v) is 7.51. The Balaban J connectivity index is 2.33. The van der Waals surface area contributed by atoms with Gasteiger partial charge in [0.25, 0.3) is 0 Å². The zero-order valence-corrected chi connectivity index (χ0v) is 11.4. The third-order valence-corrected chi connectivity index (χ3v) is 4.47. The molecule has 0 spiro atoms. The first-order valence-electron chi connectivity index (χ1n) is 5.85. The lowest BCUT2D eigenvalue weighted by molar-refractivity contribution is 0.1000. The molecule has 0 heterocycles. The number of sulfone groups is 1. The summed E-state index contributed by atoms with van der Waals surface area (Å²) in [7, 11) is -3.51. The molecule has 0 saturated heterocycles. The summed E-state index contributed by atoms with van der Waals surface area (Å²) in [4.78, 5) is 11.2. The summed E-state index contributed by atoms with van der Waals surface area (Å²) in [6, 6.07) is 12.4. The van der Waals surface area contributed by atoms with E-state index in [0.29, 0.717) is 11.3 Å². The second-order valence-electron chi connectivity index (χ2n) is 4.40. The van der Waals surface area contributed by atoms with Gasteiger partial charge in [-0.1, -0.05) is 18.2 Å². The molecule has 2 aromatic rings. The van der Waals surface area contributed by atoms with Gasteiger partial charge in [0.05, 0.1) is 10.6 Å². The molecule has 0 aliphatic carbocycles. The van der Waals surface area contributed by atoms with E-state index in [0.717, 1.165) is 0 Å². The Morgan fingerprint density at radius 1 is 1.05 bits per heavy atom. The molecule has 2 rings (SSSR count). The van der Waals surface area contributed by atoms with Crippen molar-refractivity contribution in [2.45, 2.75) is 10.6 Å². The molecule has 0 fully saturated rings. The van der Waals surface area contributed by atoms with Gasteiger partial charge in [-0.25, -0.2) is 8.42 Å². The number of hydrogen-bond acceptors (Lipinski definition) is 4. The number of primary amides is 1. The van der Waals surface area contributed by atoms with Gasteiger partial charge < -0.3 is 11.5 Å². The van der Waals surface area contributed by atoms with E-state index in [4.69, 9.17) is 11.5 Å². The second-order valence-corrected chi connectivity index (χ2v) is 6.39. The highest BCUT2D eigenvalue weighted by atomic mass is 32.2. The van der Waals surface area contributed by atoms with E-state index < -0.39 is 15.7 Å². The Labute approximate surface area is 117 Å². The number of amides is 1. The molecular formula is C14H14N2O3S. The fraction of sp³-hybridized carbons (Fsp3) is 0.0714. The third kappa shape index (κ3) is 3.16. The van der Waals surface area contributed by atoms with Crippen molar-refractivity contribution >= 4 is 21.4 Å². The predicted octanol–water partition coefficient (Wildman–Crippen LogP) is 1.34. The molecule has 0 radical (unpaired) electrons. The monoisotopic (exact) mass is 290 g/mol. The van der Waals surface area contributed by atoms with Crippen LogP contribution >= 0.6 is 0 Å². The molecule has 5 nitrogen and oxygen atoms in total. The zero-order chi connectivity index (χ0) is 14.8. The predicted molar refractivity (Wildman–Crippen MR) is 76.7 cm³/mol. The standard InChI is InChI=1S/C14H14N2O3S/c15-12-5-2-6-13(8-12)20(18,19)9-10-3-1-4-11(7-10)14(16)17/h1-8H,9,15H2,(H2,16,17). The average Bonchev–Trinajstić information content (AvgIpc) is 2.38. The van der Waals surface area contributed by atoms with E-state index in [1.54, 1.807) is 30.3 Å². The van der Waals surface area contributed by atoms with Crippen LogP contribution in [0.15, 0.2) is 53.4 Å². The minimum absolute atomic E-state index is 0.155. The van der Waals surface area contributed by atoms with Crippen LogP contribution in [0.25, 0.3) is 0 Å². The molecule has 0 atom stereocenters. The van der Waals surface area contributed by atoms with Gasteiger partial charge in [0.1, 0.15) is 0 Å².